The maximum absolute atomic E-state index is 13.9. The van der Waals surface area contributed by atoms with E-state index in [9.17, 15) is 4.39 Å². The molecule has 0 radical (unpaired) electrons. The van der Waals surface area contributed by atoms with Crippen molar-refractivity contribution in [2.75, 3.05) is 6.61 Å². The van der Waals surface area contributed by atoms with Gasteiger partial charge in [-0.1, -0.05) is 41.1 Å². The van der Waals surface area contributed by atoms with E-state index >= 15 is 0 Å². The lowest BCUT2D eigenvalue weighted by Crippen LogP contribution is -2.15. The predicted molar refractivity (Wildman–Crippen MR) is 82.4 cm³/mol. The Morgan fingerprint density at radius 3 is 2.70 bits per heavy atom. The number of nitrogens with two attached hydrogens (primary N) is 1. The van der Waals surface area contributed by atoms with Crippen LogP contribution in [0, 0.1) is 5.82 Å². The van der Waals surface area contributed by atoms with Gasteiger partial charge in [-0.15, -0.1) is 0 Å². The highest BCUT2D eigenvalue weighted by atomic mass is 79.9. The first-order valence-corrected chi connectivity index (χ1v) is 7.35. The quantitative estimate of drug-likeness (QED) is 0.876. The zero-order valence-corrected chi connectivity index (χ0v) is 12.9. The average molecular weight is 338 g/mol. The molecule has 2 rings (SSSR count). The maximum atomic E-state index is 13.9. The number of hydrogen-bond acceptors (Lipinski definition) is 2. The van der Waals surface area contributed by atoms with Crippen LogP contribution >= 0.6 is 15.9 Å². The van der Waals surface area contributed by atoms with E-state index in [0.717, 1.165) is 16.5 Å². The molecule has 2 aromatic carbocycles. The highest BCUT2D eigenvalue weighted by molar-refractivity contribution is 9.10. The summed E-state index contributed by atoms with van der Waals surface area (Å²) in [5.41, 5.74) is 7.46. The second-order valence-electron chi connectivity index (χ2n) is 4.53. The molecule has 2 aromatic rings. The van der Waals surface area contributed by atoms with Crippen LogP contribution in [-0.4, -0.2) is 6.61 Å². The van der Waals surface area contributed by atoms with Gasteiger partial charge in [0.1, 0.15) is 11.6 Å². The van der Waals surface area contributed by atoms with Crippen LogP contribution in [0.15, 0.2) is 46.9 Å². The lowest BCUT2D eigenvalue weighted by Gasteiger charge is -2.18. The minimum atomic E-state index is -0.555. The Kier molecular flexibility index (Phi) is 5.15. The van der Waals surface area contributed by atoms with E-state index in [-0.39, 0.29) is 5.82 Å². The molecule has 1 atom stereocenters. The predicted octanol–water partition coefficient (Wildman–Crippen LogP) is 4.43. The lowest BCUT2D eigenvalue weighted by atomic mass is 9.98. The van der Waals surface area contributed by atoms with Crippen LogP contribution in [0.4, 0.5) is 4.39 Å². The van der Waals surface area contributed by atoms with E-state index < -0.39 is 6.04 Å². The number of rotatable bonds is 5. The Hall–Kier alpha value is -1.39. The van der Waals surface area contributed by atoms with E-state index in [1.165, 1.54) is 6.07 Å². The van der Waals surface area contributed by atoms with Crippen molar-refractivity contribution >= 4 is 15.9 Å². The Labute approximate surface area is 126 Å². The van der Waals surface area contributed by atoms with Gasteiger partial charge in [-0.05, 0) is 30.7 Å². The second-order valence-corrected chi connectivity index (χ2v) is 5.45. The molecule has 4 heteroatoms. The fourth-order valence-electron chi connectivity index (χ4n) is 2.00. The summed E-state index contributed by atoms with van der Waals surface area (Å²) < 4.78 is 20.4. The number of para-hydroxylation sites is 1. The molecule has 0 saturated carbocycles. The van der Waals surface area contributed by atoms with Gasteiger partial charge in [-0.2, -0.15) is 0 Å². The topological polar surface area (TPSA) is 35.2 Å². The Morgan fingerprint density at radius 1 is 1.20 bits per heavy atom. The van der Waals surface area contributed by atoms with E-state index in [1.807, 2.05) is 31.2 Å². The molecule has 0 aromatic heterocycles. The minimum absolute atomic E-state index is 0.314. The summed E-state index contributed by atoms with van der Waals surface area (Å²) in [6.45, 7) is 2.65. The first-order valence-electron chi connectivity index (χ1n) is 6.55. The lowest BCUT2D eigenvalue weighted by molar-refractivity contribution is 0.313. The summed E-state index contributed by atoms with van der Waals surface area (Å²) in [5, 5.41) is 0. The molecule has 2 N–H and O–H groups in total. The monoisotopic (exact) mass is 337 g/mol. The van der Waals surface area contributed by atoms with Gasteiger partial charge in [0.15, 0.2) is 0 Å². The molecule has 0 spiro atoms. The van der Waals surface area contributed by atoms with Gasteiger partial charge in [-0.3, -0.25) is 0 Å². The molecule has 0 aliphatic carbocycles. The van der Waals surface area contributed by atoms with Crippen molar-refractivity contribution in [1.29, 1.82) is 0 Å². The first kappa shape index (κ1) is 15.0. The van der Waals surface area contributed by atoms with Crippen LogP contribution in [0.5, 0.6) is 5.75 Å². The molecule has 0 fully saturated rings. The van der Waals surface area contributed by atoms with Gasteiger partial charge in [0.05, 0.1) is 12.6 Å². The molecule has 20 heavy (non-hydrogen) atoms. The van der Waals surface area contributed by atoms with E-state index in [0.29, 0.717) is 17.9 Å². The highest BCUT2D eigenvalue weighted by Crippen LogP contribution is 2.31. The van der Waals surface area contributed by atoms with E-state index in [2.05, 4.69) is 15.9 Å². The third-order valence-corrected chi connectivity index (χ3v) is 3.50. The summed E-state index contributed by atoms with van der Waals surface area (Å²) in [7, 11) is 0. The van der Waals surface area contributed by atoms with Crippen molar-refractivity contribution in [2.45, 2.75) is 19.4 Å². The van der Waals surface area contributed by atoms with Crippen LogP contribution in [0.25, 0.3) is 0 Å². The largest absolute Gasteiger partial charge is 0.493 e. The van der Waals surface area contributed by atoms with Crippen LogP contribution in [0.1, 0.15) is 30.5 Å². The molecule has 0 aliphatic heterocycles. The van der Waals surface area contributed by atoms with Crippen molar-refractivity contribution in [3.05, 3.63) is 63.9 Å². The zero-order chi connectivity index (χ0) is 14.5. The highest BCUT2D eigenvalue weighted by Gasteiger charge is 2.17. The number of hydrogen-bond donors (Lipinski definition) is 1. The van der Waals surface area contributed by atoms with Gasteiger partial charge in [0.2, 0.25) is 0 Å². The summed E-state index contributed by atoms with van der Waals surface area (Å²) in [4.78, 5) is 0. The van der Waals surface area contributed by atoms with Crippen molar-refractivity contribution in [3.8, 4) is 5.75 Å². The van der Waals surface area contributed by atoms with Crippen molar-refractivity contribution in [3.63, 3.8) is 0 Å². The fourth-order valence-corrected chi connectivity index (χ4v) is 2.38. The smallest absolute Gasteiger partial charge is 0.128 e. The Morgan fingerprint density at radius 2 is 1.95 bits per heavy atom. The summed E-state index contributed by atoms with van der Waals surface area (Å²) in [5.74, 6) is 0.396. The molecule has 0 bridgehead atoms. The third-order valence-electron chi connectivity index (χ3n) is 3.01. The Balaban J connectivity index is 2.37. The van der Waals surface area contributed by atoms with Crippen LogP contribution in [0.2, 0.25) is 0 Å². The number of benzene rings is 2. The van der Waals surface area contributed by atoms with Crippen molar-refractivity contribution in [1.82, 2.24) is 0 Å². The summed E-state index contributed by atoms with van der Waals surface area (Å²) >= 11 is 3.34. The minimum Gasteiger partial charge on any atom is -0.493 e. The molecule has 1 unspecified atom stereocenters. The molecular weight excluding hydrogens is 321 g/mol. The van der Waals surface area contributed by atoms with Crippen LogP contribution in [0.3, 0.4) is 0 Å². The van der Waals surface area contributed by atoms with Gasteiger partial charge in [0.25, 0.3) is 0 Å². The van der Waals surface area contributed by atoms with Crippen LogP contribution in [-0.2, 0) is 0 Å². The molecule has 0 heterocycles. The Bertz CT molecular complexity index is 588. The first-order chi connectivity index (χ1) is 9.63. The average Bonchev–Trinajstić information content (AvgIpc) is 2.47. The SMILES string of the molecule is CCCOc1ccccc1C(N)c1cc(Br)ccc1F. The normalized spacial score (nSPS) is 12.2. The van der Waals surface area contributed by atoms with E-state index in [1.54, 1.807) is 12.1 Å². The molecule has 106 valence electrons. The van der Waals surface area contributed by atoms with Crippen LogP contribution < -0.4 is 10.5 Å². The fraction of sp³-hybridized carbons (Fsp3) is 0.250. The molecule has 2 nitrogen and oxygen atoms in total. The molecule has 0 amide bonds. The van der Waals surface area contributed by atoms with Gasteiger partial charge < -0.3 is 10.5 Å². The number of ether oxygens (including phenoxy) is 1. The summed E-state index contributed by atoms with van der Waals surface area (Å²) in [6.07, 6.45) is 0.912. The number of halogens is 2. The zero-order valence-electron chi connectivity index (χ0n) is 11.3. The van der Waals surface area contributed by atoms with Gasteiger partial charge in [0, 0.05) is 15.6 Å². The van der Waals surface area contributed by atoms with Gasteiger partial charge in [-0.25, -0.2) is 4.39 Å². The van der Waals surface area contributed by atoms with Gasteiger partial charge >= 0.3 is 0 Å². The third kappa shape index (κ3) is 3.38. The van der Waals surface area contributed by atoms with E-state index in [4.69, 9.17) is 10.5 Å². The standard InChI is InChI=1S/C16H17BrFNO/c1-2-9-20-15-6-4-3-5-12(15)16(19)13-10-11(17)7-8-14(13)18/h3-8,10,16H,2,9,19H2,1H3. The second kappa shape index (κ2) is 6.86. The maximum Gasteiger partial charge on any atom is 0.128 e. The summed E-state index contributed by atoms with van der Waals surface area (Å²) in [6, 6.07) is 11.7. The molecule has 0 aliphatic rings. The molecular formula is C16H17BrFNO. The van der Waals surface area contributed by atoms with Crippen molar-refractivity contribution in [2.24, 2.45) is 5.73 Å². The van der Waals surface area contributed by atoms with Crippen molar-refractivity contribution < 1.29 is 9.13 Å². The molecule has 0 saturated heterocycles.